The van der Waals surface area contributed by atoms with E-state index in [4.69, 9.17) is 0 Å². The highest BCUT2D eigenvalue weighted by Crippen LogP contribution is 2.30. The normalized spacial score (nSPS) is 25.7. The molecule has 0 aromatic heterocycles. The Hall–Kier alpha value is -1.19. The molecule has 150 valence electrons. The van der Waals surface area contributed by atoms with Crippen molar-refractivity contribution in [2.24, 2.45) is 11.8 Å². The fourth-order valence-electron chi connectivity index (χ4n) is 4.96. The Balaban J connectivity index is 1.74. The second-order valence-corrected chi connectivity index (χ2v) is 8.84. The maximum Gasteiger partial charge on any atom is 0.151 e. The predicted octanol–water partition coefficient (Wildman–Crippen LogP) is 4.76. The van der Waals surface area contributed by atoms with Gasteiger partial charge in [0.15, 0.2) is 5.78 Å². The molecule has 3 heteroatoms. The molecule has 1 aliphatic carbocycles. The summed E-state index contributed by atoms with van der Waals surface area (Å²) in [7, 11) is 2.12. The maximum absolute atomic E-state index is 13.2. The van der Waals surface area contributed by atoms with Gasteiger partial charge in [0.05, 0.1) is 6.54 Å². The van der Waals surface area contributed by atoms with Crippen LogP contribution in [0.5, 0.6) is 0 Å². The smallest absolute Gasteiger partial charge is 0.151 e. The Bertz CT molecular complexity index is 549. The van der Waals surface area contributed by atoms with Gasteiger partial charge < -0.3 is 0 Å². The number of rotatable bonds is 3. The molecule has 0 spiro atoms. The van der Waals surface area contributed by atoms with E-state index in [-0.39, 0.29) is 5.92 Å². The van der Waals surface area contributed by atoms with Crippen LogP contribution in [0.1, 0.15) is 63.4 Å². The van der Waals surface area contributed by atoms with Crippen molar-refractivity contribution >= 4 is 5.78 Å². The summed E-state index contributed by atoms with van der Waals surface area (Å²) in [6.07, 6.45) is 11.7. The molecule has 1 unspecified atom stereocenters. The molecule has 2 fully saturated rings. The summed E-state index contributed by atoms with van der Waals surface area (Å²) >= 11 is 0. The first kappa shape index (κ1) is 20.5. The largest absolute Gasteiger partial charge is 0.299 e. The summed E-state index contributed by atoms with van der Waals surface area (Å²) in [6.45, 7) is 4.68. The Morgan fingerprint density at radius 1 is 0.889 bits per heavy atom. The van der Waals surface area contributed by atoms with Gasteiger partial charge in [-0.2, -0.15) is 0 Å². The average molecular weight is 371 g/mol. The lowest BCUT2D eigenvalue weighted by atomic mass is 9.81. The van der Waals surface area contributed by atoms with Crippen molar-refractivity contribution in [2.45, 2.75) is 64.3 Å². The van der Waals surface area contributed by atoms with E-state index in [2.05, 4.69) is 47.2 Å². The molecule has 1 aromatic carbocycles. The van der Waals surface area contributed by atoms with Crippen molar-refractivity contribution < 1.29 is 4.79 Å². The second-order valence-electron chi connectivity index (χ2n) is 8.84. The number of carbonyl (C=O) groups is 1. The Kier molecular flexibility index (Phi) is 8.34. The summed E-state index contributed by atoms with van der Waals surface area (Å²) in [5.41, 5.74) is 1.37. The van der Waals surface area contributed by atoms with Crippen LogP contribution in [0.15, 0.2) is 30.3 Å². The van der Waals surface area contributed by atoms with E-state index in [1.165, 1.54) is 56.9 Å². The summed E-state index contributed by atoms with van der Waals surface area (Å²) < 4.78 is 0. The lowest BCUT2D eigenvalue weighted by Crippen LogP contribution is -2.39. The molecule has 1 aromatic rings. The minimum Gasteiger partial charge on any atom is -0.299 e. The fourth-order valence-corrected chi connectivity index (χ4v) is 4.96. The Morgan fingerprint density at radius 2 is 1.56 bits per heavy atom. The van der Waals surface area contributed by atoms with Crippen LogP contribution in [0.25, 0.3) is 0 Å². The number of Topliss-reactive ketones (excluding diaryl/α,β-unsaturated/α-hetero) is 1. The zero-order valence-corrected chi connectivity index (χ0v) is 17.2. The molecule has 0 amide bonds. The number of likely N-dealkylation sites (N-methyl/N-ethyl adjacent to an activating group) is 1. The fraction of sp³-hybridized carbons (Fsp3) is 0.708. The Labute approximate surface area is 166 Å². The number of nitrogens with zero attached hydrogens (tertiary/aromatic N) is 2. The molecule has 1 atom stereocenters. The molecule has 1 aliphatic heterocycles. The van der Waals surface area contributed by atoms with E-state index in [0.717, 1.165) is 32.6 Å². The topological polar surface area (TPSA) is 23.6 Å². The number of benzene rings is 1. The van der Waals surface area contributed by atoms with E-state index < -0.39 is 0 Å². The number of carbonyl (C=O) groups excluding carboxylic acids is 1. The minimum atomic E-state index is 0.215. The highest BCUT2D eigenvalue weighted by molar-refractivity contribution is 5.83. The summed E-state index contributed by atoms with van der Waals surface area (Å²) in [5.74, 6) is 1.29. The maximum atomic E-state index is 13.2. The molecule has 1 saturated carbocycles. The van der Waals surface area contributed by atoms with Gasteiger partial charge in [-0.25, -0.2) is 0 Å². The average Bonchev–Trinajstić information content (AvgIpc) is 2.83. The van der Waals surface area contributed by atoms with Crippen molar-refractivity contribution in [3.63, 3.8) is 0 Å². The van der Waals surface area contributed by atoms with Gasteiger partial charge in [0.25, 0.3) is 0 Å². The van der Waals surface area contributed by atoms with E-state index in [1.807, 2.05) is 0 Å². The summed E-state index contributed by atoms with van der Waals surface area (Å²) in [4.78, 5) is 18.0. The molecule has 3 rings (SSSR count). The first-order valence-corrected chi connectivity index (χ1v) is 11.2. The van der Waals surface area contributed by atoms with E-state index >= 15 is 0 Å². The second kappa shape index (κ2) is 11.0. The van der Waals surface area contributed by atoms with Crippen molar-refractivity contribution in [2.75, 3.05) is 33.2 Å². The van der Waals surface area contributed by atoms with E-state index in [9.17, 15) is 4.79 Å². The monoisotopic (exact) mass is 370 g/mol. The molecule has 0 bridgehead atoms. The third kappa shape index (κ3) is 6.73. The van der Waals surface area contributed by atoms with Crippen LogP contribution in [0, 0.1) is 11.8 Å². The number of ketones is 1. The lowest BCUT2D eigenvalue weighted by molar-refractivity contribution is -0.126. The molecule has 0 radical (unpaired) electrons. The first-order chi connectivity index (χ1) is 13.2. The van der Waals surface area contributed by atoms with Gasteiger partial charge in [-0.15, -0.1) is 0 Å². The van der Waals surface area contributed by atoms with E-state index in [1.54, 1.807) is 0 Å². The van der Waals surface area contributed by atoms with Crippen molar-refractivity contribution in [3.05, 3.63) is 35.9 Å². The summed E-state index contributed by atoms with van der Waals surface area (Å²) in [5, 5.41) is 0. The zero-order chi connectivity index (χ0) is 18.9. The minimum absolute atomic E-state index is 0.215. The highest BCUT2D eigenvalue weighted by atomic mass is 16.1. The van der Waals surface area contributed by atoms with Gasteiger partial charge in [0.1, 0.15) is 0 Å². The standard InChI is InChI=1S/C24H38N2O/c1-25-16-11-17-26(18-21-12-7-6-8-13-21)19-23(24(27)20-25)22-14-9-4-2-3-5-10-15-22/h6-8,12-13,22-23H,2-5,9-11,14-20H2,1H3. The van der Waals surface area contributed by atoms with Crippen LogP contribution in [0.4, 0.5) is 0 Å². The van der Waals surface area contributed by atoms with Gasteiger partial charge in [-0.1, -0.05) is 68.9 Å². The first-order valence-electron chi connectivity index (χ1n) is 11.2. The summed E-state index contributed by atoms with van der Waals surface area (Å²) in [6, 6.07) is 10.8. The van der Waals surface area contributed by atoms with Crippen LogP contribution in [0.3, 0.4) is 0 Å². The van der Waals surface area contributed by atoms with Gasteiger partial charge in [-0.3, -0.25) is 14.6 Å². The van der Waals surface area contributed by atoms with E-state index in [0.29, 0.717) is 18.2 Å². The molecular weight excluding hydrogens is 332 g/mol. The van der Waals surface area contributed by atoms with Crippen LogP contribution in [0.2, 0.25) is 0 Å². The third-order valence-electron chi connectivity index (χ3n) is 6.53. The van der Waals surface area contributed by atoms with Crippen molar-refractivity contribution in [3.8, 4) is 0 Å². The van der Waals surface area contributed by atoms with Crippen LogP contribution < -0.4 is 0 Å². The van der Waals surface area contributed by atoms with Crippen LogP contribution in [-0.2, 0) is 11.3 Å². The molecule has 3 nitrogen and oxygen atoms in total. The van der Waals surface area contributed by atoms with Gasteiger partial charge in [0, 0.05) is 19.0 Å². The molecule has 2 aliphatic rings. The molecule has 0 N–H and O–H groups in total. The van der Waals surface area contributed by atoms with Crippen molar-refractivity contribution in [1.82, 2.24) is 9.80 Å². The van der Waals surface area contributed by atoms with Crippen LogP contribution in [-0.4, -0.2) is 48.8 Å². The van der Waals surface area contributed by atoms with Gasteiger partial charge >= 0.3 is 0 Å². The van der Waals surface area contributed by atoms with Gasteiger partial charge in [0.2, 0.25) is 0 Å². The zero-order valence-electron chi connectivity index (χ0n) is 17.2. The third-order valence-corrected chi connectivity index (χ3v) is 6.53. The molecular formula is C24H38N2O. The molecule has 1 heterocycles. The molecule has 27 heavy (non-hydrogen) atoms. The molecule has 1 saturated heterocycles. The quantitative estimate of drug-likeness (QED) is 0.766. The Morgan fingerprint density at radius 3 is 2.26 bits per heavy atom. The van der Waals surface area contributed by atoms with Crippen LogP contribution >= 0.6 is 0 Å². The predicted molar refractivity (Wildman–Crippen MR) is 113 cm³/mol. The van der Waals surface area contributed by atoms with Crippen molar-refractivity contribution in [1.29, 1.82) is 0 Å². The number of hydrogen-bond donors (Lipinski definition) is 0. The SMILES string of the molecule is CN1CCCN(Cc2ccccc2)CC(C2CCCCCCCC2)C(=O)C1. The number of hydrogen-bond acceptors (Lipinski definition) is 3. The van der Waals surface area contributed by atoms with Gasteiger partial charge in [-0.05, 0) is 50.9 Å². The lowest BCUT2D eigenvalue weighted by Gasteiger charge is -2.31. The highest BCUT2D eigenvalue weighted by Gasteiger charge is 2.31.